The first kappa shape index (κ1) is 19.4. The molecule has 0 aliphatic carbocycles. The summed E-state index contributed by atoms with van der Waals surface area (Å²) in [5, 5.41) is 9.88. The van der Waals surface area contributed by atoms with Gasteiger partial charge in [0.15, 0.2) is 0 Å². The van der Waals surface area contributed by atoms with E-state index in [-0.39, 0.29) is 13.2 Å². The first-order valence-electron chi connectivity index (χ1n) is 6.98. The van der Waals surface area contributed by atoms with Gasteiger partial charge in [0.1, 0.15) is 5.60 Å². The fourth-order valence-corrected chi connectivity index (χ4v) is 1.48. The van der Waals surface area contributed by atoms with E-state index in [4.69, 9.17) is 16.0 Å². The van der Waals surface area contributed by atoms with Crippen LogP contribution in [0.4, 0.5) is 4.79 Å². The van der Waals surface area contributed by atoms with Crippen molar-refractivity contribution in [2.75, 3.05) is 32.8 Å². The van der Waals surface area contributed by atoms with Gasteiger partial charge < -0.3 is 24.3 Å². The molecule has 0 radical (unpaired) electrons. The summed E-state index contributed by atoms with van der Waals surface area (Å²) in [6.45, 7) is 16.9. The maximum atomic E-state index is 12.0. The molecule has 0 bridgehead atoms. The van der Waals surface area contributed by atoms with Crippen LogP contribution in [0.25, 0.3) is 4.85 Å². The minimum Gasteiger partial charge on any atom is -0.444 e. The molecule has 1 atom stereocenters. The van der Waals surface area contributed by atoms with Crippen LogP contribution >= 0.6 is 0 Å². The lowest BCUT2D eigenvalue weighted by molar-refractivity contribution is -0.00237. The van der Waals surface area contributed by atoms with E-state index >= 15 is 0 Å². The number of hydrogen-bond donors (Lipinski definition) is 1. The quantitative estimate of drug-likeness (QED) is 0.402. The number of aliphatic hydroxyl groups excluding tert-OH is 1. The molecule has 1 N–H and O–H groups in total. The number of ether oxygens (including phenoxy) is 2. The lowest BCUT2D eigenvalue weighted by Crippen LogP contribution is -2.42. The molecule has 6 nitrogen and oxygen atoms in total. The molecule has 0 aliphatic heterocycles. The maximum Gasteiger partial charge on any atom is 0.410 e. The summed E-state index contributed by atoms with van der Waals surface area (Å²) in [5.41, 5.74) is -0.586. The summed E-state index contributed by atoms with van der Waals surface area (Å²) in [6, 6.07) is 0. The predicted molar refractivity (Wildman–Crippen MR) is 80.9 cm³/mol. The number of aliphatic hydroxyl groups is 1. The average molecular weight is 298 g/mol. The molecule has 0 rings (SSSR count). The lowest BCUT2D eigenvalue weighted by atomic mass is 10.2. The Morgan fingerprint density at radius 1 is 1.52 bits per heavy atom. The fraction of sp³-hybridized carbons (Fsp3) is 0.733. The number of hydrogen-bond acceptors (Lipinski definition) is 4. The fourth-order valence-electron chi connectivity index (χ4n) is 1.48. The van der Waals surface area contributed by atoms with E-state index in [0.717, 1.165) is 0 Å². The second-order valence-corrected chi connectivity index (χ2v) is 5.64. The maximum absolute atomic E-state index is 12.0. The Bertz CT molecular complexity index is 358. The van der Waals surface area contributed by atoms with E-state index in [1.807, 2.05) is 0 Å². The molecule has 0 aromatic rings. The minimum atomic E-state index is -0.801. The van der Waals surface area contributed by atoms with Gasteiger partial charge in [-0.3, -0.25) is 0 Å². The first-order chi connectivity index (χ1) is 9.80. The van der Waals surface area contributed by atoms with Crippen LogP contribution < -0.4 is 0 Å². The van der Waals surface area contributed by atoms with Crippen molar-refractivity contribution in [1.82, 2.24) is 4.90 Å². The van der Waals surface area contributed by atoms with Gasteiger partial charge in [-0.15, -0.1) is 6.58 Å². The summed E-state index contributed by atoms with van der Waals surface area (Å²) < 4.78 is 10.5. The second kappa shape index (κ2) is 10.2. The van der Waals surface area contributed by atoms with Crippen molar-refractivity contribution in [3.05, 3.63) is 24.1 Å². The van der Waals surface area contributed by atoms with Crippen molar-refractivity contribution >= 4 is 6.09 Å². The molecule has 0 aliphatic rings. The van der Waals surface area contributed by atoms with Gasteiger partial charge in [0, 0.05) is 13.0 Å². The van der Waals surface area contributed by atoms with Crippen molar-refractivity contribution in [2.24, 2.45) is 0 Å². The highest BCUT2D eigenvalue weighted by atomic mass is 16.6. The van der Waals surface area contributed by atoms with E-state index in [1.54, 1.807) is 26.8 Å². The SMILES string of the molecule is [C-]#[N+]CCCOCC(O)CN(CC=C)C(=O)OC(C)(C)C. The highest BCUT2D eigenvalue weighted by Gasteiger charge is 2.23. The number of nitrogens with zero attached hydrogens (tertiary/aromatic N) is 2. The van der Waals surface area contributed by atoms with Crippen LogP contribution in [0.5, 0.6) is 0 Å². The van der Waals surface area contributed by atoms with Gasteiger partial charge >= 0.3 is 6.09 Å². The van der Waals surface area contributed by atoms with Crippen molar-refractivity contribution in [1.29, 1.82) is 0 Å². The first-order valence-corrected chi connectivity index (χ1v) is 6.98. The van der Waals surface area contributed by atoms with Gasteiger partial charge in [-0.05, 0) is 20.8 Å². The number of carbonyl (C=O) groups is 1. The Morgan fingerprint density at radius 3 is 2.71 bits per heavy atom. The average Bonchev–Trinajstić information content (AvgIpc) is 2.36. The highest BCUT2D eigenvalue weighted by Crippen LogP contribution is 2.10. The van der Waals surface area contributed by atoms with Crippen LogP contribution in [0.15, 0.2) is 12.7 Å². The van der Waals surface area contributed by atoms with Crippen LogP contribution in [0, 0.1) is 6.57 Å². The molecule has 120 valence electrons. The van der Waals surface area contributed by atoms with Crippen molar-refractivity contribution in [3.63, 3.8) is 0 Å². The molecular formula is C15H26N2O4. The zero-order valence-electron chi connectivity index (χ0n) is 13.2. The minimum absolute atomic E-state index is 0.115. The highest BCUT2D eigenvalue weighted by molar-refractivity contribution is 5.68. The van der Waals surface area contributed by atoms with Crippen molar-refractivity contribution in [3.8, 4) is 0 Å². The molecule has 0 saturated heterocycles. The van der Waals surface area contributed by atoms with E-state index in [2.05, 4.69) is 11.4 Å². The van der Waals surface area contributed by atoms with Crippen LogP contribution in [0.3, 0.4) is 0 Å². The second-order valence-electron chi connectivity index (χ2n) is 5.64. The van der Waals surface area contributed by atoms with Crippen molar-refractivity contribution < 1.29 is 19.4 Å². The Morgan fingerprint density at radius 2 is 2.19 bits per heavy atom. The summed E-state index contributed by atoms with van der Waals surface area (Å²) >= 11 is 0. The van der Waals surface area contributed by atoms with Gasteiger partial charge in [0.05, 0.1) is 25.9 Å². The summed E-state index contributed by atoms with van der Waals surface area (Å²) in [5.74, 6) is 0. The van der Waals surface area contributed by atoms with E-state index in [0.29, 0.717) is 26.1 Å². The normalized spacial score (nSPS) is 12.3. The van der Waals surface area contributed by atoms with Crippen LogP contribution in [0.1, 0.15) is 27.2 Å². The molecule has 0 aromatic heterocycles. The third-order valence-electron chi connectivity index (χ3n) is 2.30. The Kier molecular flexibility index (Phi) is 9.42. The lowest BCUT2D eigenvalue weighted by Gasteiger charge is -2.28. The standard InChI is InChI=1S/C15H26N2O4/c1-6-9-17(14(19)21-15(2,3)4)11-13(18)12-20-10-7-8-16-5/h6,13,18H,1,7-12H2,2-4H3. The van der Waals surface area contributed by atoms with Gasteiger partial charge in [-0.25, -0.2) is 11.4 Å². The molecule has 1 unspecified atom stereocenters. The molecule has 0 fully saturated rings. The van der Waals surface area contributed by atoms with Gasteiger partial charge in [0.25, 0.3) is 0 Å². The molecule has 21 heavy (non-hydrogen) atoms. The van der Waals surface area contributed by atoms with Crippen LogP contribution in [0.2, 0.25) is 0 Å². The van der Waals surface area contributed by atoms with Crippen molar-refractivity contribution in [2.45, 2.75) is 38.9 Å². The molecule has 0 heterocycles. The molecule has 0 spiro atoms. The third-order valence-corrected chi connectivity index (χ3v) is 2.30. The van der Waals surface area contributed by atoms with E-state index in [1.165, 1.54) is 4.90 Å². The zero-order chi connectivity index (χ0) is 16.3. The zero-order valence-corrected chi connectivity index (χ0v) is 13.2. The van der Waals surface area contributed by atoms with Gasteiger partial charge in [0.2, 0.25) is 6.54 Å². The third kappa shape index (κ3) is 10.8. The predicted octanol–water partition coefficient (Wildman–Crippen LogP) is 2.10. The van der Waals surface area contributed by atoms with Gasteiger partial charge in [-0.2, -0.15) is 0 Å². The van der Waals surface area contributed by atoms with E-state index < -0.39 is 17.8 Å². The molecule has 0 aromatic carbocycles. The molecule has 0 saturated carbocycles. The number of amides is 1. The Balaban J connectivity index is 4.20. The number of carbonyl (C=O) groups excluding carboxylic acids is 1. The summed E-state index contributed by atoms with van der Waals surface area (Å²) in [6.07, 6.45) is 0.922. The Labute approximate surface area is 127 Å². The smallest absolute Gasteiger partial charge is 0.410 e. The molecular weight excluding hydrogens is 272 g/mol. The summed E-state index contributed by atoms with van der Waals surface area (Å²) in [4.78, 5) is 16.6. The van der Waals surface area contributed by atoms with Crippen LogP contribution in [-0.4, -0.2) is 60.7 Å². The largest absolute Gasteiger partial charge is 0.444 e. The Hall–Kier alpha value is -1.58. The summed E-state index contributed by atoms with van der Waals surface area (Å²) in [7, 11) is 0. The topological polar surface area (TPSA) is 63.4 Å². The molecule has 6 heteroatoms. The monoisotopic (exact) mass is 298 g/mol. The van der Waals surface area contributed by atoms with Gasteiger partial charge in [-0.1, -0.05) is 6.08 Å². The van der Waals surface area contributed by atoms with Crippen LogP contribution in [-0.2, 0) is 9.47 Å². The number of rotatable bonds is 9. The molecule has 1 amide bonds. The van der Waals surface area contributed by atoms with E-state index in [9.17, 15) is 9.90 Å².